The lowest BCUT2D eigenvalue weighted by molar-refractivity contribution is 0.102. The lowest BCUT2D eigenvalue weighted by Gasteiger charge is -2.11. The maximum absolute atomic E-state index is 12.1. The molecule has 1 aromatic heterocycles. The fourth-order valence-corrected chi connectivity index (χ4v) is 2.67. The van der Waals surface area contributed by atoms with Crippen LogP contribution in [0.25, 0.3) is 0 Å². The first-order valence-corrected chi connectivity index (χ1v) is 7.65. The summed E-state index contributed by atoms with van der Waals surface area (Å²) in [5.41, 5.74) is 1.34. The van der Waals surface area contributed by atoms with E-state index in [0.717, 1.165) is 10.2 Å². The topological polar surface area (TPSA) is 38.3 Å². The molecule has 19 heavy (non-hydrogen) atoms. The highest BCUT2D eigenvalue weighted by atomic mass is 79.9. The second-order valence-electron chi connectivity index (χ2n) is 3.94. The van der Waals surface area contributed by atoms with E-state index in [-0.39, 0.29) is 5.91 Å². The molecule has 1 amide bonds. The van der Waals surface area contributed by atoms with Crippen LogP contribution in [-0.2, 0) is 0 Å². The minimum atomic E-state index is -0.130. The van der Waals surface area contributed by atoms with Crippen molar-refractivity contribution >= 4 is 38.9 Å². The molecule has 100 valence electrons. The van der Waals surface area contributed by atoms with Gasteiger partial charge in [-0.15, -0.1) is 11.3 Å². The van der Waals surface area contributed by atoms with Gasteiger partial charge in [0.1, 0.15) is 5.75 Å². The van der Waals surface area contributed by atoms with Crippen LogP contribution in [0.3, 0.4) is 0 Å². The molecule has 0 spiro atoms. The maximum Gasteiger partial charge on any atom is 0.256 e. The summed E-state index contributed by atoms with van der Waals surface area (Å²) in [5, 5.41) is 4.69. The Balaban J connectivity index is 2.12. The molecular weight excluding hydrogens is 326 g/mol. The summed E-state index contributed by atoms with van der Waals surface area (Å²) in [5.74, 6) is 0.571. The quantitative estimate of drug-likeness (QED) is 0.867. The van der Waals surface area contributed by atoms with Gasteiger partial charge in [-0.1, -0.05) is 19.1 Å². The highest BCUT2D eigenvalue weighted by Gasteiger charge is 2.11. The summed E-state index contributed by atoms with van der Waals surface area (Å²) in [7, 11) is 0. The van der Waals surface area contributed by atoms with E-state index in [4.69, 9.17) is 4.74 Å². The van der Waals surface area contributed by atoms with Crippen LogP contribution in [0, 0.1) is 0 Å². The van der Waals surface area contributed by atoms with Crippen molar-refractivity contribution in [2.75, 3.05) is 11.9 Å². The van der Waals surface area contributed by atoms with Gasteiger partial charge < -0.3 is 10.1 Å². The summed E-state index contributed by atoms with van der Waals surface area (Å²) < 4.78 is 6.55. The van der Waals surface area contributed by atoms with Gasteiger partial charge in [-0.05, 0) is 40.5 Å². The molecule has 0 aliphatic carbocycles. The Bertz CT molecular complexity index is 568. The molecular formula is C14H14BrNO2S. The Labute approximate surface area is 124 Å². The van der Waals surface area contributed by atoms with Gasteiger partial charge in [-0.3, -0.25) is 4.79 Å². The number of carbonyl (C=O) groups excluding carboxylic acids is 1. The second-order valence-corrected chi connectivity index (χ2v) is 6.23. The van der Waals surface area contributed by atoms with Crippen LogP contribution in [-0.4, -0.2) is 12.5 Å². The number of nitrogens with one attached hydrogen (secondary N) is 1. The number of benzene rings is 1. The van der Waals surface area contributed by atoms with Gasteiger partial charge in [-0.25, -0.2) is 0 Å². The third-order valence-corrected chi connectivity index (χ3v) is 3.93. The molecule has 0 saturated heterocycles. The minimum absolute atomic E-state index is 0.130. The van der Waals surface area contributed by atoms with Crippen LogP contribution in [0.5, 0.6) is 5.75 Å². The Hall–Kier alpha value is -1.33. The van der Waals surface area contributed by atoms with Gasteiger partial charge in [-0.2, -0.15) is 0 Å². The van der Waals surface area contributed by atoms with Crippen LogP contribution in [0.15, 0.2) is 39.5 Å². The summed E-state index contributed by atoms with van der Waals surface area (Å²) in [6, 6.07) is 9.26. The van der Waals surface area contributed by atoms with Crippen molar-refractivity contribution < 1.29 is 9.53 Å². The molecule has 0 unspecified atom stereocenters. The fourth-order valence-electron chi connectivity index (χ4n) is 1.53. The first-order valence-electron chi connectivity index (χ1n) is 5.98. The zero-order valence-corrected chi connectivity index (χ0v) is 12.9. The van der Waals surface area contributed by atoms with E-state index in [9.17, 15) is 4.79 Å². The highest BCUT2D eigenvalue weighted by molar-refractivity contribution is 9.11. The molecule has 0 aliphatic heterocycles. The first kappa shape index (κ1) is 14.1. The van der Waals surface area contributed by atoms with Crippen molar-refractivity contribution in [2.24, 2.45) is 0 Å². The smallest absolute Gasteiger partial charge is 0.256 e. The number of ether oxygens (including phenoxy) is 1. The third kappa shape index (κ3) is 3.81. The van der Waals surface area contributed by atoms with Gasteiger partial charge >= 0.3 is 0 Å². The molecule has 0 atom stereocenters. The minimum Gasteiger partial charge on any atom is -0.491 e. The number of hydrogen-bond acceptors (Lipinski definition) is 3. The molecule has 1 heterocycles. The second kappa shape index (κ2) is 6.73. The van der Waals surface area contributed by atoms with Crippen molar-refractivity contribution in [2.45, 2.75) is 13.3 Å². The van der Waals surface area contributed by atoms with Gasteiger partial charge in [0.05, 0.1) is 21.6 Å². The Morgan fingerprint density at radius 1 is 1.42 bits per heavy atom. The Morgan fingerprint density at radius 2 is 2.21 bits per heavy atom. The zero-order valence-electron chi connectivity index (χ0n) is 10.5. The molecule has 0 bridgehead atoms. The molecule has 0 radical (unpaired) electrons. The first-order chi connectivity index (χ1) is 9.20. The van der Waals surface area contributed by atoms with Gasteiger partial charge in [0.2, 0.25) is 0 Å². The van der Waals surface area contributed by atoms with E-state index < -0.39 is 0 Å². The molecule has 2 aromatic rings. The number of carbonyl (C=O) groups is 1. The van der Waals surface area contributed by atoms with E-state index in [0.29, 0.717) is 23.6 Å². The summed E-state index contributed by atoms with van der Waals surface area (Å²) in [6.45, 7) is 2.68. The fraction of sp³-hybridized carbons (Fsp3) is 0.214. The molecule has 1 N–H and O–H groups in total. The van der Waals surface area contributed by atoms with Gasteiger partial charge in [0, 0.05) is 5.38 Å². The van der Waals surface area contributed by atoms with Crippen LogP contribution in [0.2, 0.25) is 0 Å². The lowest BCUT2D eigenvalue weighted by Crippen LogP contribution is -2.12. The largest absolute Gasteiger partial charge is 0.491 e. The van der Waals surface area contributed by atoms with Gasteiger partial charge in [0.15, 0.2) is 0 Å². The normalized spacial score (nSPS) is 10.2. The van der Waals surface area contributed by atoms with E-state index in [1.807, 2.05) is 36.6 Å². The predicted molar refractivity (Wildman–Crippen MR) is 82.2 cm³/mol. The summed E-state index contributed by atoms with van der Waals surface area (Å²) in [6.07, 6.45) is 0.930. The van der Waals surface area contributed by atoms with Crippen LogP contribution < -0.4 is 10.1 Å². The zero-order chi connectivity index (χ0) is 13.7. The van der Waals surface area contributed by atoms with Crippen LogP contribution >= 0.6 is 27.3 Å². The average molecular weight is 340 g/mol. The Morgan fingerprint density at radius 3 is 2.89 bits per heavy atom. The molecule has 0 fully saturated rings. The maximum atomic E-state index is 12.1. The summed E-state index contributed by atoms with van der Waals surface area (Å²) >= 11 is 4.83. The molecule has 0 saturated carbocycles. The monoisotopic (exact) mass is 339 g/mol. The van der Waals surface area contributed by atoms with Crippen molar-refractivity contribution in [1.29, 1.82) is 0 Å². The molecule has 2 rings (SSSR count). The van der Waals surface area contributed by atoms with E-state index in [1.54, 1.807) is 6.07 Å². The van der Waals surface area contributed by atoms with Crippen LogP contribution in [0.1, 0.15) is 23.7 Å². The van der Waals surface area contributed by atoms with E-state index in [1.165, 1.54) is 11.3 Å². The Kier molecular flexibility index (Phi) is 4.99. The molecule has 5 heteroatoms. The number of rotatable bonds is 5. The standard InChI is InChI=1S/C14H14BrNO2S/c1-2-7-18-12-6-4-3-5-11(12)16-14(17)10-8-13(15)19-9-10/h3-6,8-9H,2,7H2,1H3,(H,16,17). The predicted octanol–water partition coefficient (Wildman–Crippen LogP) is 4.55. The van der Waals surface area contributed by atoms with E-state index in [2.05, 4.69) is 21.2 Å². The number of anilines is 1. The van der Waals surface area contributed by atoms with Crippen LogP contribution in [0.4, 0.5) is 5.69 Å². The van der Waals surface area contributed by atoms with Crippen molar-refractivity contribution in [3.63, 3.8) is 0 Å². The van der Waals surface area contributed by atoms with Crippen molar-refractivity contribution in [3.8, 4) is 5.75 Å². The average Bonchev–Trinajstić information content (AvgIpc) is 2.84. The SMILES string of the molecule is CCCOc1ccccc1NC(=O)c1csc(Br)c1. The number of hydrogen-bond donors (Lipinski definition) is 1. The lowest BCUT2D eigenvalue weighted by atomic mass is 10.2. The number of halogens is 1. The molecule has 1 aromatic carbocycles. The highest BCUT2D eigenvalue weighted by Crippen LogP contribution is 2.26. The van der Waals surface area contributed by atoms with Gasteiger partial charge in [0.25, 0.3) is 5.91 Å². The third-order valence-electron chi connectivity index (χ3n) is 2.43. The molecule has 0 aliphatic rings. The number of thiophene rings is 1. The number of para-hydroxylation sites is 2. The van der Waals surface area contributed by atoms with Crippen molar-refractivity contribution in [1.82, 2.24) is 0 Å². The molecule has 3 nitrogen and oxygen atoms in total. The van der Waals surface area contributed by atoms with Crippen molar-refractivity contribution in [3.05, 3.63) is 45.1 Å². The number of amides is 1. The van der Waals surface area contributed by atoms with E-state index >= 15 is 0 Å². The summed E-state index contributed by atoms with van der Waals surface area (Å²) in [4.78, 5) is 12.1.